The molecule has 0 amide bonds. The maximum absolute atomic E-state index is 14.5. The lowest BCUT2D eigenvalue weighted by Gasteiger charge is -2.19. The van der Waals surface area contributed by atoms with Crippen molar-refractivity contribution in [2.24, 2.45) is 0 Å². The Kier molecular flexibility index (Phi) is 7.68. The number of aromatic nitrogens is 3. The van der Waals surface area contributed by atoms with Crippen LogP contribution in [0.5, 0.6) is 0 Å². The Balaban J connectivity index is 1.80. The highest BCUT2D eigenvalue weighted by atomic mass is 31.3. The number of hydrogen-bond acceptors (Lipinski definition) is 12. The van der Waals surface area contributed by atoms with E-state index in [9.17, 15) is 42.8 Å². The number of nitrogens with zero attached hydrogens (tertiary/aromatic N) is 2. The molecule has 22 heteroatoms. The van der Waals surface area contributed by atoms with E-state index in [2.05, 4.69) is 23.1 Å². The van der Waals surface area contributed by atoms with Gasteiger partial charge in [0.2, 0.25) is 11.7 Å². The molecule has 1 aliphatic rings. The summed E-state index contributed by atoms with van der Waals surface area (Å²) in [5, 5.41) is 20.4. The second-order valence-electron chi connectivity index (χ2n) is 7.03. The summed E-state index contributed by atoms with van der Waals surface area (Å²) in [6, 6.07) is 0. The number of nitrogens with one attached hydrogen (secondary N) is 1. The standard InChI is InChI=1S/C13H17FN3O15P3/c1-4-10(14)17-2-5(12(21)16-13(17)15-11(4)20)9-8(19)7(18)6(30-9)3-29-34(25,26)32-35(27,28)31-33(22,23)24/h2,6-9,18-19H,3H2,1H3,(H,25,26)(H,27,28)(H2,22,23,24)(H,15,16,20,21)/t6-,7?,8+,9+/m1/s1. The lowest BCUT2D eigenvalue weighted by molar-refractivity contribution is -0.0227. The molecule has 2 aromatic rings. The highest BCUT2D eigenvalue weighted by Crippen LogP contribution is 2.66. The van der Waals surface area contributed by atoms with Crippen LogP contribution in [0.2, 0.25) is 0 Å². The highest BCUT2D eigenvalue weighted by Gasteiger charge is 2.47. The van der Waals surface area contributed by atoms with Gasteiger partial charge in [-0.25, -0.2) is 13.7 Å². The number of aromatic amines is 1. The topological polar surface area (TPSA) is 277 Å². The average Bonchev–Trinajstić information content (AvgIpc) is 2.96. The highest BCUT2D eigenvalue weighted by molar-refractivity contribution is 7.66. The first-order valence-corrected chi connectivity index (χ1v) is 13.5. The van der Waals surface area contributed by atoms with Crippen LogP contribution < -0.4 is 11.1 Å². The fourth-order valence-electron chi connectivity index (χ4n) is 2.99. The molecule has 1 aliphatic heterocycles. The normalized spacial score (nSPS) is 26.5. The number of phosphoric ester groups is 1. The minimum atomic E-state index is -5.79. The SMILES string of the molecule is Cc1c(F)n2cc([C@@H]3O[C@H](COP(=O)(O)OP(=O)(O)OP(=O)(O)O)C(O)[C@@H]3O)c(=O)nc2[nH]c1=O. The molecule has 0 bridgehead atoms. The molecule has 3 rings (SSSR count). The summed E-state index contributed by atoms with van der Waals surface area (Å²) in [7, 11) is -17.0. The van der Waals surface area contributed by atoms with Gasteiger partial charge in [0, 0.05) is 6.20 Å². The number of fused-ring (bicyclic) bond motifs is 1. The third-order valence-electron chi connectivity index (χ3n) is 4.52. The summed E-state index contributed by atoms with van der Waals surface area (Å²) in [5.74, 6) is -1.56. The number of rotatable bonds is 8. The van der Waals surface area contributed by atoms with Crippen LogP contribution in [0.15, 0.2) is 15.8 Å². The minimum absolute atomic E-state index is 0.351. The number of ether oxygens (including phenoxy) is 1. The Bertz CT molecular complexity index is 1400. The summed E-state index contributed by atoms with van der Waals surface area (Å²) in [5.41, 5.74) is -2.77. The predicted molar refractivity (Wildman–Crippen MR) is 106 cm³/mol. The van der Waals surface area contributed by atoms with Crippen LogP contribution in [0.25, 0.3) is 5.78 Å². The average molecular weight is 567 g/mol. The Morgan fingerprint density at radius 1 is 1.11 bits per heavy atom. The van der Waals surface area contributed by atoms with Gasteiger partial charge in [-0.3, -0.25) is 23.5 Å². The summed E-state index contributed by atoms with van der Waals surface area (Å²) < 4.78 is 65.6. The number of phosphoric acid groups is 3. The minimum Gasteiger partial charge on any atom is -0.387 e. The smallest absolute Gasteiger partial charge is 0.387 e. The van der Waals surface area contributed by atoms with Gasteiger partial charge in [0.15, 0.2) is 0 Å². The van der Waals surface area contributed by atoms with Crippen molar-refractivity contribution in [3.8, 4) is 0 Å². The maximum atomic E-state index is 14.5. The summed E-state index contributed by atoms with van der Waals surface area (Å²) in [6.45, 7) is 0.0242. The van der Waals surface area contributed by atoms with Gasteiger partial charge < -0.3 is 34.5 Å². The molecule has 0 spiro atoms. The molecule has 0 radical (unpaired) electrons. The number of halogens is 1. The van der Waals surface area contributed by atoms with E-state index in [0.29, 0.717) is 4.40 Å². The lowest BCUT2D eigenvalue weighted by atomic mass is 10.0. The first-order chi connectivity index (χ1) is 15.9. The zero-order chi connectivity index (χ0) is 26.5. The fraction of sp³-hybridized carbons (Fsp3) is 0.462. The van der Waals surface area contributed by atoms with Crippen molar-refractivity contribution >= 4 is 29.2 Å². The van der Waals surface area contributed by atoms with Crippen molar-refractivity contribution in [2.75, 3.05) is 6.61 Å². The van der Waals surface area contributed by atoms with Crippen molar-refractivity contribution in [3.05, 3.63) is 44.0 Å². The molecular weight excluding hydrogens is 550 g/mol. The summed E-state index contributed by atoms with van der Waals surface area (Å²) >= 11 is 0. The van der Waals surface area contributed by atoms with E-state index in [1.165, 1.54) is 0 Å². The molecule has 1 fully saturated rings. The largest absolute Gasteiger partial charge is 0.490 e. The predicted octanol–water partition coefficient (Wildman–Crippen LogP) is -1.66. The molecule has 0 aromatic carbocycles. The van der Waals surface area contributed by atoms with Crippen LogP contribution in [-0.4, -0.2) is 69.1 Å². The fourth-order valence-corrected chi connectivity index (χ4v) is 6.02. The second kappa shape index (κ2) is 9.64. The second-order valence-corrected chi connectivity index (χ2v) is 11.4. The first-order valence-electron chi connectivity index (χ1n) is 9.02. The van der Waals surface area contributed by atoms with Crippen LogP contribution in [-0.2, 0) is 31.6 Å². The van der Waals surface area contributed by atoms with Gasteiger partial charge in [-0.05, 0) is 6.92 Å². The van der Waals surface area contributed by atoms with Crippen LogP contribution >= 0.6 is 23.5 Å². The summed E-state index contributed by atoms with van der Waals surface area (Å²) in [4.78, 5) is 65.3. The Labute approximate surface area is 192 Å². The van der Waals surface area contributed by atoms with Gasteiger partial charge in [0.1, 0.15) is 24.4 Å². The Hall–Kier alpha value is -1.69. The molecule has 0 saturated carbocycles. The maximum Gasteiger partial charge on any atom is 0.490 e. The number of hydrogen-bond donors (Lipinski definition) is 7. The van der Waals surface area contributed by atoms with Crippen LogP contribution in [0.1, 0.15) is 17.2 Å². The van der Waals surface area contributed by atoms with Gasteiger partial charge in [0.05, 0.1) is 17.7 Å². The third kappa shape index (κ3) is 6.36. The molecule has 196 valence electrons. The molecule has 7 N–H and O–H groups in total. The molecule has 1 saturated heterocycles. The van der Waals surface area contributed by atoms with E-state index in [4.69, 9.17) is 19.4 Å². The van der Waals surface area contributed by atoms with Crippen LogP contribution in [0.3, 0.4) is 0 Å². The zero-order valence-corrected chi connectivity index (χ0v) is 19.7. The van der Waals surface area contributed by atoms with E-state index >= 15 is 0 Å². The number of aliphatic hydroxyl groups excluding tert-OH is 2. The number of H-pyrrole nitrogens is 1. The van der Waals surface area contributed by atoms with Crippen molar-refractivity contribution in [1.29, 1.82) is 0 Å². The molecule has 0 aliphatic carbocycles. The molecule has 3 heterocycles. The van der Waals surface area contributed by atoms with Crippen molar-refractivity contribution in [3.63, 3.8) is 0 Å². The monoisotopic (exact) mass is 567 g/mol. The van der Waals surface area contributed by atoms with Crippen LogP contribution in [0, 0.1) is 12.9 Å². The van der Waals surface area contributed by atoms with Crippen LogP contribution in [0.4, 0.5) is 4.39 Å². The Morgan fingerprint density at radius 3 is 2.34 bits per heavy atom. The van der Waals surface area contributed by atoms with E-state index in [1.54, 1.807) is 0 Å². The van der Waals surface area contributed by atoms with Crippen molar-refractivity contribution < 1.29 is 65.8 Å². The quantitative estimate of drug-likeness (QED) is 0.139. The number of aliphatic hydroxyl groups is 2. The van der Waals surface area contributed by atoms with E-state index in [1.807, 2.05) is 0 Å². The molecule has 2 aromatic heterocycles. The summed E-state index contributed by atoms with van der Waals surface area (Å²) in [6.07, 6.45) is -6.29. The van der Waals surface area contributed by atoms with Crippen molar-refractivity contribution in [2.45, 2.75) is 31.3 Å². The molecule has 18 nitrogen and oxygen atoms in total. The van der Waals surface area contributed by atoms with Gasteiger partial charge in [0.25, 0.3) is 11.1 Å². The lowest BCUT2D eigenvalue weighted by Crippen LogP contribution is -2.34. The van der Waals surface area contributed by atoms with Crippen molar-refractivity contribution in [1.82, 2.24) is 14.4 Å². The van der Waals surface area contributed by atoms with Gasteiger partial charge in [-0.15, -0.1) is 0 Å². The van der Waals surface area contributed by atoms with E-state index < -0.39 is 82.9 Å². The zero-order valence-electron chi connectivity index (χ0n) is 17.1. The Morgan fingerprint density at radius 2 is 1.74 bits per heavy atom. The van der Waals surface area contributed by atoms with Gasteiger partial charge in [-0.1, -0.05) is 0 Å². The van der Waals surface area contributed by atoms with E-state index in [0.717, 1.165) is 13.1 Å². The molecule has 35 heavy (non-hydrogen) atoms. The van der Waals surface area contributed by atoms with Gasteiger partial charge >= 0.3 is 23.5 Å². The van der Waals surface area contributed by atoms with Gasteiger partial charge in [-0.2, -0.15) is 18.0 Å². The molecular formula is C13H17FN3O15P3. The van der Waals surface area contributed by atoms with E-state index in [-0.39, 0.29) is 5.56 Å². The molecule has 3 unspecified atom stereocenters. The first kappa shape index (κ1) is 27.9. The third-order valence-corrected chi connectivity index (χ3v) is 8.33. The molecule has 6 atom stereocenters.